The Bertz CT molecular complexity index is 1340. The zero-order chi connectivity index (χ0) is 26.6. The summed E-state index contributed by atoms with van der Waals surface area (Å²) in [5.41, 5.74) is 1.46. The molecule has 0 bridgehead atoms. The van der Waals surface area contributed by atoms with E-state index < -0.39 is 17.5 Å². The third kappa shape index (κ3) is 6.51. The monoisotopic (exact) mass is 506 g/mol. The van der Waals surface area contributed by atoms with E-state index in [1.54, 1.807) is 63.2 Å². The number of hydrogen-bond donors (Lipinski definition) is 3. The summed E-state index contributed by atoms with van der Waals surface area (Å²) in [5, 5.41) is 8.56. The van der Waals surface area contributed by atoms with E-state index >= 15 is 0 Å². The summed E-state index contributed by atoms with van der Waals surface area (Å²) in [6.07, 6.45) is 1.71. The molecule has 0 spiro atoms. The Balaban J connectivity index is 1.53. The van der Waals surface area contributed by atoms with Crippen molar-refractivity contribution in [3.05, 3.63) is 67.1 Å². The number of carbonyl (C=O) groups is 2. The van der Waals surface area contributed by atoms with Crippen molar-refractivity contribution in [3.8, 4) is 5.75 Å². The third-order valence-electron chi connectivity index (χ3n) is 5.01. The van der Waals surface area contributed by atoms with Crippen molar-refractivity contribution in [2.45, 2.75) is 26.4 Å². The van der Waals surface area contributed by atoms with E-state index in [9.17, 15) is 14.0 Å². The molecule has 1 aliphatic heterocycles. The molecule has 0 fully saturated rings. The van der Waals surface area contributed by atoms with Gasteiger partial charge >= 0.3 is 6.09 Å². The number of nitrogens with zero attached hydrogens (tertiary/aromatic N) is 3. The van der Waals surface area contributed by atoms with Gasteiger partial charge in [-0.2, -0.15) is 4.98 Å². The molecule has 0 atom stereocenters. The van der Waals surface area contributed by atoms with Gasteiger partial charge < -0.3 is 25.4 Å². The van der Waals surface area contributed by atoms with Gasteiger partial charge in [-0.1, -0.05) is 12.6 Å². The Morgan fingerprint density at radius 3 is 2.65 bits per heavy atom. The quantitative estimate of drug-likeness (QED) is 0.383. The van der Waals surface area contributed by atoms with Crippen molar-refractivity contribution in [2.24, 2.45) is 0 Å². The van der Waals surface area contributed by atoms with Gasteiger partial charge in [-0.15, -0.1) is 0 Å². The minimum Gasteiger partial charge on any atom is -0.490 e. The van der Waals surface area contributed by atoms with Crippen molar-refractivity contribution in [1.29, 1.82) is 0 Å². The van der Waals surface area contributed by atoms with Gasteiger partial charge in [0.05, 0.1) is 18.4 Å². The van der Waals surface area contributed by atoms with Gasteiger partial charge in [0.2, 0.25) is 11.9 Å². The third-order valence-corrected chi connectivity index (χ3v) is 5.01. The average Bonchev–Trinajstić information content (AvgIpc) is 2.84. The number of benzene rings is 2. The van der Waals surface area contributed by atoms with Crippen LogP contribution in [0.25, 0.3) is 0 Å². The standard InChI is InChI=1S/C26H27FN6O4/c1-5-22(34)29-16-7-6-8-17(13-16)30-23-19(27)15-28-24(32-23)31-18-9-10-21-20(14-18)33(11-12-36-21)25(35)37-26(2,3)4/h5-10,13-15H,1,11-12H2,2-4H3,(H,29,34)(H2,28,30,31,32). The summed E-state index contributed by atoms with van der Waals surface area (Å²) in [6.45, 7) is 9.49. The van der Waals surface area contributed by atoms with Crippen LogP contribution in [0, 0.1) is 5.82 Å². The van der Waals surface area contributed by atoms with Gasteiger partial charge in [-0.25, -0.2) is 14.2 Å². The lowest BCUT2D eigenvalue weighted by atomic mass is 10.2. The summed E-state index contributed by atoms with van der Waals surface area (Å²) in [5.74, 6) is -0.436. The van der Waals surface area contributed by atoms with Gasteiger partial charge in [0.15, 0.2) is 11.6 Å². The van der Waals surface area contributed by atoms with E-state index in [1.165, 1.54) is 4.90 Å². The van der Waals surface area contributed by atoms with Crippen molar-refractivity contribution in [3.63, 3.8) is 0 Å². The lowest BCUT2D eigenvalue weighted by Gasteiger charge is -2.31. The van der Waals surface area contributed by atoms with Gasteiger partial charge in [0.1, 0.15) is 18.0 Å². The summed E-state index contributed by atoms with van der Waals surface area (Å²) in [7, 11) is 0. The molecular weight excluding hydrogens is 479 g/mol. The Morgan fingerprint density at radius 1 is 1.14 bits per heavy atom. The highest BCUT2D eigenvalue weighted by Gasteiger charge is 2.28. The van der Waals surface area contributed by atoms with Crippen LogP contribution in [0.15, 0.2) is 61.3 Å². The van der Waals surface area contributed by atoms with Crippen LogP contribution in [0.4, 0.5) is 43.7 Å². The van der Waals surface area contributed by atoms with E-state index in [0.29, 0.717) is 41.7 Å². The van der Waals surface area contributed by atoms with Crippen molar-refractivity contribution >= 4 is 46.5 Å². The van der Waals surface area contributed by atoms with Gasteiger partial charge in [0, 0.05) is 17.1 Å². The summed E-state index contributed by atoms with van der Waals surface area (Å²) < 4.78 is 25.7. The van der Waals surface area contributed by atoms with E-state index in [1.807, 2.05) is 0 Å². The smallest absolute Gasteiger partial charge is 0.415 e. The summed E-state index contributed by atoms with van der Waals surface area (Å²) in [6, 6.07) is 11.9. The van der Waals surface area contributed by atoms with Gasteiger partial charge in [0.25, 0.3) is 0 Å². The Morgan fingerprint density at radius 2 is 1.89 bits per heavy atom. The fraction of sp³-hybridized carbons (Fsp3) is 0.231. The predicted octanol–water partition coefficient (Wildman–Crippen LogP) is 5.36. The molecular formula is C26H27FN6O4. The zero-order valence-corrected chi connectivity index (χ0v) is 20.7. The molecule has 192 valence electrons. The SMILES string of the molecule is C=CC(=O)Nc1cccc(Nc2nc(Nc3ccc4c(c3)N(C(=O)OC(C)(C)C)CCO4)ncc2F)c1. The number of rotatable bonds is 6. The Labute approximate surface area is 213 Å². The first kappa shape index (κ1) is 25.4. The minimum atomic E-state index is -0.666. The van der Waals surface area contributed by atoms with Crippen LogP contribution in [0.1, 0.15) is 20.8 Å². The molecule has 0 radical (unpaired) electrons. The molecule has 4 rings (SSSR count). The highest BCUT2D eigenvalue weighted by molar-refractivity contribution is 5.99. The van der Waals surface area contributed by atoms with Crippen molar-refractivity contribution in [2.75, 3.05) is 34.0 Å². The van der Waals surface area contributed by atoms with Crippen LogP contribution in [-0.2, 0) is 9.53 Å². The molecule has 11 heteroatoms. The maximum absolute atomic E-state index is 14.5. The van der Waals surface area contributed by atoms with E-state index in [-0.39, 0.29) is 17.7 Å². The van der Waals surface area contributed by atoms with Crippen LogP contribution in [0.3, 0.4) is 0 Å². The van der Waals surface area contributed by atoms with E-state index in [2.05, 4.69) is 32.5 Å². The average molecular weight is 507 g/mol. The Hall–Kier alpha value is -4.67. The molecule has 3 N–H and O–H groups in total. The minimum absolute atomic E-state index is 0.0682. The molecule has 1 aliphatic rings. The molecule has 2 heterocycles. The number of fused-ring (bicyclic) bond motifs is 1. The number of anilines is 6. The lowest BCUT2D eigenvalue weighted by Crippen LogP contribution is -2.41. The van der Waals surface area contributed by atoms with E-state index in [0.717, 1.165) is 12.3 Å². The largest absolute Gasteiger partial charge is 0.490 e. The molecule has 10 nitrogen and oxygen atoms in total. The highest BCUT2D eigenvalue weighted by Crippen LogP contribution is 2.35. The molecule has 0 unspecified atom stereocenters. The first-order chi connectivity index (χ1) is 17.6. The molecule has 0 saturated heterocycles. The second kappa shape index (κ2) is 10.5. The molecule has 0 saturated carbocycles. The highest BCUT2D eigenvalue weighted by atomic mass is 19.1. The number of aromatic nitrogens is 2. The number of amides is 2. The second-order valence-electron chi connectivity index (χ2n) is 9.08. The van der Waals surface area contributed by atoms with E-state index in [4.69, 9.17) is 9.47 Å². The van der Waals surface area contributed by atoms with Crippen LogP contribution in [-0.4, -0.2) is 40.7 Å². The first-order valence-corrected chi connectivity index (χ1v) is 11.5. The summed E-state index contributed by atoms with van der Waals surface area (Å²) in [4.78, 5) is 34.0. The van der Waals surface area contributed by atoms with Crippen LogP contribution in [0.5, 0.6) is 5.75 Å². The molecule has 2 amide bonds. The number of carbonyl (C=O) groups excluding carboxylic acids is 2. The van der Waals surface area contributed by atoms with Crippen LogP contribution < -0.4 is 25.6 Å². The maximum atomic E-state index is 14.5. The molecule has 3 aromatic rings. The molecule has 37 heavy (non-hydrogen) atoms. The fourth-order valence-corrected chi connectivity index (χ4v) is 3.45. The van der Waals surface area contributed by atoms with Crippen molar-refractivity contribution < 1.29 is 23.5 Å². The van der Waals surface area contributed by atoms with Gasteiger partial charge in [-0.05, 0) is 63.2 Å². The topological polar surface area (TPSA) is 118 Å². The number of hydrogen-bond acceptors (Lipinski definition) is 8. The number of ether oxygens (including phenoxy) is 2. The van der Waals surface area contributed by atoms with Crippen LogP contribution in [0.2, 0.25) is 0 Å². The molecule has 1 aromatic heterocycles. The summed E-state index contributed by atoms with van der Waals surface area (Å²) >= 11 is 0. The number of nitrogens with one attached hydrogen (secondary N) is 3. The number of halogens is 1. The molecule has 0 aliphatic carbocycles. The molecule has 2 aromatic carbocycles. The lowest BCUT2D eigenvalue weighted by molar-refractivity contribution is -0.111. The zero-order valence-electron chi connectivity index (χ0n) is 20.7. The maximum Gasteiger partial charge on any atom is 0.415 e. The van der Waals surface area contributed by atoms with Crippen molar-refractivity contribution in [1.82, 2.24) is 9.97 Å². The normalized spacial score (nSPS) is 12.6. The second-order valence-corrected chi connectivity index (χ2v) is 9.08. The van der Waals surface area contributed by atoms with Gasteiger partial charge in [-0.3, -0.25) is 9.69 Å². The Kier molecular flexibility index (Phi) is 7.23. The van der Waals surface area contributed by atoms with Crippen LogP contribution >= 0.6 is 0 Å². The fourth-order valence-electron chi connectivity index (χ4n) is 3.45. The first-order valence-electron chi connectivity index (χ1n) is 11.5. The predicted molar refractivity (Wildman–Crippen MR) is 139 cm³/mol.